The van der Waals surface area contributed by atoms with E-state index in [1.807, 2.05) is 0 Å². The summed E-state index contributed by atoms with van der Waals surface area (Å²) in [6, 6.07) is 4.95. The van der Waals surface area contributed by atoms with E-state index in [1.165, 1.54) is 19.4 Å². The highest BCUT2D eigenvalue weighted by Crippen LogP contribution is 2.20. The Bertz CT molecular complexity index is 517. The first kappa shape index (κ1) is 12.4. The van der Waals surface area contributed by atoms with Gasteiger partial charge in [-0.25, -0.2) is 9.37 Å². The van der Waals surface area contributed by atoms with Gasteiger partial charge in [-0.3, -0.25) is 4.98 Å². The molecule has 94 valence electrons. The topological polar surface area (TPSA) is 55.2 Å². The van der Waals surface area contributed by atoms with Crippen molar-refractivity contribution < 1.29 is 14.2 Å². The number of halogens is 1. The third-order valence-corrected chi connectivity index (χ3v) is 2.60. The summed E-state index contributed by atoms with van der Waals surface area (Å²) in [5.41, 5.74) is 1.04. The van der Waals surface area contributed by atoms with E-state index in [-0.39, 0.29) is 12.0 Å². The van der Waals surface area contributed by atoms with Gasteiger partial charge in [0.15, 0.2) is 0 Å². The number of rotatable bonds is 4. The second-order valence-corrected chi connectivity index (χ2v) is 3.83. The first-order valence-electron chi connectivity index (χ1n) is 5.47. The Labute approximate surface area is 104 Å². The Hall–Kier alpha value is -2.01. The van der Waals surface area contributed by atoms with Gasteiger partial charge in [0.1, 0.15) is 5.82 Å². The largest absolute Gasteiger partial charge is 0.481 e. The molecule has 0 bridgehead atoms. The van der Waals surface area contributed by atoms with Crippen molar-refractivity contribution in [1.82, 2.24) is 9.97 Å². The van der Waals surface area contributed by atoms with E-state index in [9.17, 15) is 9.50 Å². The fraction of sp³-hybridized carbons (Fsp3) is 0.231. The van der Waals surface area contributed by atoms with Crippen molar-refractivity contribution in [3.05, 3.63) is 53.7 Å². The maximum atomic E-state index is 13.4. The predicted octanol–water partition coefficient (Wildman–Crippen LogP) is 1.90. The lowest BCUT2D eigenvalue weighted by molar-refractivity contribution is 0.173. The summed E-state index contributed by atoms with van der Waals surface area (Å²) in [6.45, 7) is 0. The SMILES string of the molecule is COc1ccc(CC(O)c2ccncc2F)cn1. The van der Waals surface area contributed by atoms with Gasteiger partial charge in [-0.15, -0.1) is 0 Å². The van der Waals surface area contributed by atoms with Crippen LogP contribution in [0, 0.1) is 5.82 Å². The van der Waals surface area contributed by atoms with Crippen molar-refractivity contribution in [2.24, 2.45) is 0 Å². The van der Waals surface area contributed by atoms with Gasteiger partial charge >= 0.3 is 0 Å². The quantitative estimate of drug-likeness (QED) is 0.897. The number of pyridine rings is 2. The van der Waals surface area contributed by atoms with Gasteiger partial charge in [0.05, 0.1) is 19.4 Å². The lowest BCUT2D eigenvalue weighted by Crippen LogP contribution is -2.05. The van der Waals surface area contributed by atoms with Crippen LogP contribution < -0.4 is 4.74 Å². The monoisotopic (exact) mass is 248 g/mol. The van der Waals surface area contributed by atoms with E-state index in [1.54, 1.807) is 18.3 Å². The number of nitrogens with zero attached hydrogens (tertiary/aromatic N) is 2. The van der Waals surface area contributed by atoms with Crippen LogP contribution in [-0.2, 0) is 6.42 Å². The summed E-state index contributed by atoms with van der Waals surface area (Å²) in [6.07, 6.45) is 3.51. The van der Waals surface area contributed by atoms with Crippen molar-refractivity contribution in [1.29, 1.82) is 0 Å². The molecule has 2 aromatic heterocycles. The Kier molecular flexibility index (Phi) is 3.84. The van der Waals surface area contributed by atoms with Crippen LogP contribution in [0.4, 0.5) is 4.39 Å². The maximum absolute atomic E-state index is 13.4. The average Bonchev–Trinajstić information content (AvgIpc) is 2.40. The highest BCUT2D eigenvalue weighted by molar-refractivity contribution is 5.22. The predicted molar refractivity (Wildman–Crippen MR) is 63.6 cm³/mol. The van der Waals surface area contributed by atoms with Crippen LogP contribution in [0.3, 0.4) is 0 Å². The van der Waals surface area contributed by atoms with Crippen LogP contribution >= 0.6 is 0 Å². The van der Waals surface area contributed by atoms with Crippen molar-refractivity contribution >= 4 is 0 Å². The minimum Gasteiger partial charge on any atom is -0.481 e. The first-order valence-corrected chi connectivity index (χ1v) is 5.47. The average molecular weight is 248 g/mol. The van der Waals surface area contributed by atoms with E-state index in [4.69, 9.17) is 4.74 Å². The number of hydrogen-bond acceptors (Lipinski definition) is 4. The second-order valence-electron chi connectivity index (χ2n) is 3.83. The molecule has 0 aliphatic carbocycles. The molecule has 0 aromatic carbocycles. The molecule has 18 heavy (non-hydrogen) atoms. The van der Waals surface area contributed by atoms with Crippen LogP contribution in [0.5, 0.6) is 5.88 Å². The summed E-state index contributed by atoms with van der Waals surface area (Å²) in [7, 11) is 1.53. The normalized spacial score (nSPS) is 12.2. The fourth-order valence-electron chi connectivity index (χ4n) is 1.64. The molecule has 1 unspecified atom stereocenters. The summed E-state index contributed by atoms with van der Waals surface area (Å²) in [5, 5.41) is 9.95. The molecule has 0 radical (unpaired) electrons. The number of hydrogen-bond donors (Lipinski definition) is 1. The molecule has 1 N–H and O–H groups in total. The molecule has 2 rings (SSSR count). The molecule has 0 saturated heterocycles. The van der Waals surface area contributed by atoms with Crippen LogP contribution in [0.1, 0.15) is 17.2 Å². The number of aromatic nitrogens is 2. The molecule has 0 spiro atoms. The van der Waals surface area contributed by atoms with E-state index in [2.05, 4.69) is 9.97 Å². The van der Waals surface area contributed by atoms with Crippen molar-refractivity contribution in [3.63, 3.8) is 0 Å². The van der Waals surface area contributed by atoms with E-state index in [0.717, 1.165) is 11.8 Å². The standard InChI is InChI=1S/C13H13FN2O2/c1-18-13-3-2-9(7-16-13)6-12(17)10-4-5-15-8-11(10)14/h2-5,7-8,12,17H,6H2,1H3. The van der Waals surface area contributed by atoms with Crippen molar-refractivity contribution in [2.45, 2.75) is 12.5 Å². The van der Waals surface area contributed by atoms with Gasteiger partial charge < -0.3 is 9.84 Å². The Morgan fingerprint density at radius 2 is 2.17 bits per heavy atom. The lowest BCUT2D eigenvalue weighted by atomic mass is 10.0. The van der Waals surface area contributed by atoms with Gasteiger partial charge in [-0.2, -0.15) is 0 Å². The highest BCUT2D eigenvalue weighted by Gasteiger charge is 2.13. The fourth-order valence-corrected chi connectivity index (χ4v) is 1.64. The molecule has 2 aromatic rings. The second kappa shape index (κ2) is 5.55. The van der Waals surface area contributed by atoms with Crippen LogP contribution in [-0.4, -0.2) is 22.2 Å². The van der Waals surface area contributed by atoms with Crippen LogP contribution in [0.25, 0.3) is 0 Å². The van der Waals surface area contributed by atoms with Crippen molar-refractivity contribution in [3.8, 4) is 5.88 Å². The van der Waals surface area contributed by atoms with Crippen molar-refractivity contribution in [2.75, 3.05) is 7.11 Å². The van der Waals surface area contributed by atoms with E-state index < -0.39 is 11.9 Å². The molecule has 0 amide bonds. The summed E-state index contributed by atoms with van der Waals surface area (Å²) in [5.74, 6) is -0.00481. The minimum atomic E-state index is -0.914. The molecular formula is C13H13FN2O2. The van der Waals surface area contributed by atoms with E-state index in [0.29, 0.717) is 5.88 Å². The number of methoxy groups -OCH3 is 1. The third-order valence-electron chi connectivity index (χ3n) is 2.60. The van der Waals surface area contributed by atoms with Gasteiger partial charge in [0, 0.05) is 30.4 Å². The molecular weight excluding hydrogens is 235 g/mol. The molecule has 0 fully saturated rings. The molecule has 5 heteroatoms. The molecule has 0 saturated carbocycles. The van der Waals surface area contributed by atoms with Crippen LogP contribution in [0.15, 0.2) is 36.8 Å². The zero-order chi connectivity index (χ0) is 13.0. The Balaban J connectivity index is 2.11. The third kappa shape index (κ3) is 2.81. The Morgan fingerprint density at radius 1 is 1.33 bits per heavy atom. The van der Waals surface area contributed by atoms with E-state index >= 15 is 0 Å². The molecule has 4 nitrogen and oxygen atoms in total. The molecule has 1 atom stereocenters. The van der Waals surface area contributed by atoms with Gasteiger partial charge in [-0.05, 0) is 11.6 Å². The minimum absolute atomic E-state index is 0.237. The van der Waals surface area contributed by atoms with Gasteiger partial charge in [0.25, 0.3) is 0 Å². The molecule has 2 heterocycles. The zero-order valence-electron chi connectivity index (χ0n) is 9.88. The maximum Gasteiger partial charge on any atom is 0.212 e. The van der Waals surface area contributed by atoms with Gasteiger partial charge in [-0.1, -0.05) is 6.07 Å². The highest BCUT2D eigenvalue weighted by atomic mass is 19.1. The first-order chi connectivity index (χ1) is 8.70. The Morgan fingerprint density at radius 3 is 2.78 bits per heavy atom. The number of ether oxygens (including phenoxy) is 1. The van der Waals surface area contributed by atoms with Gasteiger partial charge in [0.2, 0.25) is 5.88 Å². The molecule has 0 aliphatic rings. The summed E-state index contributed by atoms with van der Waals surface area (Å²) in [4.78, 5) is 7.67. The lowest BCUT2D eigenvalue weighted by Gasteiger charge is -2.11. The number of aliphatic hydroxyl groups is 1. The molecule has 0 aliphatic heterocycles. The van der Waals surface area contributed by atoms with Crippen LogP contribution in [0.2, 0.25) is 0 Å². The summed E-state index contributed by atoms with van der Waals surface area (Å²) < 4.78 is 18.3. The number of aliphatic hydroxyl groups excluding tert-OH is 1. The summed E-state index contributed by atoms with van der Waals surface area (Å²) >= 11 is 0. The smallest absolute Gasteiger partial charge is 0.212 e. The zero-order valence-corrected chi connectivity index (χ0v) is 9.88.